The van der Waals surface area contributed by atoms with Crippen LogP contribution >= 0.6 is 0 Å². The van der Waals surface area contributed by atoms with E-state index < -0.39 is 0 Å². The first-order valence-corrected chi connectivity index (χ1v) is 9.78. The Morgan fingerprint density at radius 1 is 0.929 bits per heavy atom. The van der Waals surface area contributed by atoms with Crippen molar-refractivity contribution in [1.29, 1.82) is 0 Å². The fourth-order valence-electron chi connectivity index (χ4n) is 3.06. The molecule has 2 aromatic carbocycles. The first-order chi connectivity index (χ1) is 13.3. The van der Waals surface area contributed by atoms with E-state index in [1.165, 1.54) is 5.56 Å². The van der Waals surface area contributed by atoms with E-state index >= 15 is 0 Å². The van der Waals surface area contributed by atoms with Gasteiger partial charge in [0.2, 0.25) is 5.91 Å². The summed E-state index contributed by atoms with van der Waals surface area (Å²) in [5.74, 6) is -0.130. The molecule has 0 aliphatic heterocycles. The number of amides is 2. The van der Waals surface area contributed by atoms with Crippen LogP contribution in [0.3, 0.4) is 0 Å². The van der Waals surface area contributed by atoms with Crippen LogP contribution in [0, 0.1) is 0 Å². The number of anilines is 2. The summed E-state index contributed by atoms with van der Waals surface area (Å²) in [6, 6.07) is 15.0. The lowest BCUT2D eigenvalue weighted by molar-refractivity contribution is -0.114. The Morgan fingerprint density at radius 2 is 1.54 bits per heavy atom. The van der Waals surface area contributed by atoms with Gasteiger partial charge in [0, 0.05) is 30.0 Å². The molecular formula is C23H31N3O2. The van der Waals surface area contributed by atoms with Gasteiger partial charge in [-0.2, -0.15) is 0 Å². The van der Waals surface area contributed by atoms with E-state index in [2.05, 4.69) is 37.5 Å². The van der Waals surface area contributed by atoms with E-state index in [0.29, 0.717) is 24.3 Å². The minimum Gasteiger partial charge on any atom is -0.376 e. The van der Waals surface area contributed by atoms with Crippen molar-refractivity contribution in [2.75, 3.05) is 30.3 Å². The largest absolute Gasteiger partial charge is 0.376 e. The molecule has 2 rings (SSSR count). The van der Waals surface area contributed by atoms with E-state index in [4.69, 9.17) is 0 Å². The third kappa shape index (κ3) is 5.59. The van der Waals surface area contributed by atoms with Crippen molar-refractivity contribution >= 4 is 23.2 Å². The number of carbonyl (C=O) groups excluding carboxylic acids is 2. The summed E-state index contributed by atoms with van der Waals surface area (Å²) in [4.78, 5) is 26.4. The van der Waals surface area contributed by atoms with Crippen LogP contribution in [0.2, 0.25) is 0 Å². The molecule has 0 aromatic heterocycles. The molecule has 5 nitrogen and oxygen atoms in total. The lowest BCUT2D eigenvalue weighted by Gasteiger charge is -2.23. The minimum absolute atomic E-state index is 0.00308. The van der Waals surface area contributed by atoms with Gasteiger partial charge in [-0.1, -0.05) is 39.0 Å². The Hall–Kier alpha value is -2.82. The van der Waals surface area contributed by atoms with Crippen molar-refractivity contribution in [1.82, 2.24) is 4.90 Å². The average molecular weight is 382 g/mol. The SMILES string of the molecule is CCN(CC)C(=O)c1ccc(NC(=O)CNc2ccccc2C(C)(C)C)cc1. The van der Waals surface area contributed by atoms with Gasteiger partial charge in [-0.05, 0) is 55.2 Å². The van der Waals surface area contributed by atoms with Gasteiger partial charge in [0.25, 0.3) is 5.91 Å². The summed E-state index contributed by atoms with van der Waals surface area (Å²) < 4.78 is 0. The molecule has 0 unspecified atom stereocenters. The maximum absolute atomic E-state index is 12.3. The van der Waals surface area contributed by atoms with Crippen molar-refractivity contribution in [3.63, 3.8) is 0 Å². The number of carbonyl (C=O) groups is 2. The monoisotopic (exact) mass is 381 g/mol. The normalized spacial score (nSPS) is 11.0. The number of rotatable bonds is 7. The summed E-state index contributed by atoms with van der Waals surface area (Å²) in [7, 11) is 0. The highest BCUT2D eigenvalue weighted by atomic mass is 16.2. The molecule has 5 heteroatoms. The van der Waals surface area contributed by atoms with E-state index in [1.807, 2.05) is 32.0 Å². The van der Waals surface area contributed by atoms with Crippen LogP contribution in [0.4, 0.5) is 11.4 Å². The van der Waals surface area contributed by atoms with Gasteiger partial charge in [-0.15, -0.1) is 0 Å². The Morgan fingerprint density at radius 3 is 2.11 bits per heavy atom. The van der Waals surface area contributed by atoms with Gasteiger partial charge in [0.1, 0.15) is 0 Å². The molecule has 2 aromatic rings. The third-order valence-electron chi connectivity index (χ3n) is 4.64. The zero-order chi connectivity index (χ0) is 20.7. The van der Waals surface area contributed by atoms with E-state index in [9.17, 15) is 9.59 Å². The number of benzene rings is 2. The predicted molar refractivity (Wildman–Crippen MR) is 116 cm³/mol. The number of hydrogen-bond acceptors (Lipinski definition) is 3. The van der Waals surface area contributed by atoms with Gasteiger partial charge in [-0.3, -0.25) is 9.59 Å². The highest BCUT2D eigenvalue weighted by Gasteiger charge is 2.17. The van der Waals surface area contributed by atoms with E-state index in [-0.39, 0.29) is 23.8 Å². The highest BCUT2D eigenvalue weighted by Crippen LogP contribution is 2.29. The van der Waals surface area contributed by atoms with E-state index in [0.717, 1.165) is 5.69 Å². The summed E-state index contributed by atoms with van der Waals surface area (Å²) >= 11 is 0. The first-order valence-electron chi connectivity index (χ1n) is 9.78. The summed E-state index contributed by atoms with van der Waals surface area (Å²) in [6.45, 7) is 11.9. The van der Waals surface area contributed by atoms with Crippen molar-refractivity contribution in [3.05, 3.63) is 59.7 Å². The fraction of sp³-hybridized carbons (Fsp3) is 0.391. The first kappa shape index (κ1) is 21.5. The molecule has 0 aliphatic rings. The Kier molecular flexibility index (Phi) is 7.21. The Bertz CT molecular complexity index is 803. The maximum Gasteiger partial charge on any atom is 0.253 e. The maximum atomic E-state index is 12.3. The zero-order valence-corrected chi connectivity index (χ0v) is 17.5. The Balaban J connectivity index is 1.97. The minimum atomic E-state index is -0.133. The second-order valence-electron chi connectivity index (χ2n) is 7.75. The molecule has 0 atom stereocenters. The van der Waals surface area contributed by atoms with Crippen molar-refractivity contribution in [2.24, 2.45) is 0 Å². The van der Waals surface area contributed by atoms with Crippen LogP contribution in [0.25, 0.3) is 0 Å². The average Bonchev–Trinajstić information content (AvgIpc) is 2.67. The molecule has 0 bridgehead atoms. The standard InChI is InChI=1S/C23H31N3O2/c1-6-26(7-2)22(28)17-12-14-18(15-13-17)25-21(27)16-24-20-11-9-8-10-19(20)23(3,4)5/h8-15,24H,6-7,16H2,1-5H3,(H,25,27). The second kappa shape index (κ2) is 9.40. The van der Waals surface area contributed by atoms with Crippen molar-refractivity contribution in [2.45, 2.75) is 40.0 Å². The molecule has 150 valence electrons. The van der Waals surface area contributed by atoms with Crippen LogP contribution in [-0.2, 0) is 10.2 Å². The van der Waals surface area contributed by atoms with Crippen LogP contribution in [-0.4, -0.2) is 36.3 Å². The molecule has 0 radical (unpaired) electrons. The lowest BCUT2D eigenvalue weighted by Crippen LogP contribution is -2.30. The molecular weight excluding hydrogens is 350 g/mol. The van der Waals surface area contributed by atoms with Crippen LogP contribution in [0.1, 0.15) is 50.5 Å². The molecule has 28 heavy (non-hydrogen) atoms. The van der Waals surface area contributed by atoms with Gasteiger partial charge in [-0.25, -0.2) is 0 Å². The number of nitrogens with one attached hydrogen (secondary N) is 2. The zero-order valence-electron chi connectivity index (χ0n) is 17.5. The van der Waals surface area contributed by atoms with Crippen LogP contribution in [0.5, 0.6) is 0 Å². The third-order valence-corrected chi connectivity index (χ3v) is 4.64. The van der Waals surface area contributed by atoms with Crippen molar-refractivity contribution in [3.8, 4) is 0 Å². The second-order valence-corrected chi connectivity index (χ2v) is 7.75. The van der Waals surface area contributed by atoms with Gasteiger partial charge < -0.3 is 15.5 Å². The molecule has 0 spiro atoms. The van der Waals surface area contributed by atoms with Gasteiger partial charge >= 0.3 is 0 Å². The predicted octanol–water partition coefficient (Wildman–Crippen LogP) is 4.52. The molecule has 0 saturated carbocycles. The summed E-state index contributed by atoms with van der Waals surface area (Å²) in [5, 5.41) is 6.09. The smallest absolute Gasteiger partial charge is 0.253 e. The molecule has 0 saturated heterocycles. The van der Waals surface area contributed by atoms with Crippen LogP contribution < -0.4 is 10.6 Å². The van der Waals surface area contributed by atoms with E-state index in [1.54, 1.807) is 29.2 Å². The van der Waals surface area contributed by atoms with Gasteiger partial charge in [0.05, 0.1) is 6.54 Å². The number of nitrogens with zero attached hydrogens (tertiary/aromatic N) is 1. The lowest BCUT2D eigenvalue weighted by atomic mass is 9.86. The molecule has 2 amide bonds. The summed E-state index contributed by atoms with van der Waals surface area (Å²) in [6.07, 6.45) is 0. The fourth-order valence-corrected chi connectivity index (χ4v) is 3.06. The topological polar surface area (TPSA) is 61.4 Å². The number of para-hydroxylation sites is 1. The molecule has 0 heterocycles. The number of hydrogen-bond donors (Lipinski definition) is 2. The highest BCUT2D eigenvalue weighted by molar-refractivity contribution is 5.96. The van der Waals surface area contributed by atoms with Crippen molar-refractivity contribution < 1.29 is 9.59 Å². The quantitative estimate of drug-likeness (QED) is 0.741. The van der Waals surface area contributed by atoms with Gasteiger partial charge in [0.15, 0.2) is 0 Å². The van der Waals surface area contributed by atoms with Crippen LogP contribution in [0.15, 0.2) is 48.5 Å². The molecule has 0 aliphatic carbocycles. The molecule has 0 fully saturated rings. The Labute approximate surface area is 168 Å². The molecule has 2 N–H and O–H groups in total. The summed E-state index contributed by atoms with van der Waals surface area (Å²) in [5.41, 5.74) is 3.42.